The minimum atomic E-state index is -0.544. The summed E-state index contributed by atoms with van der Waals surface area (Å²) in [5.41, 5.74) is 6.37. The smallest absolute Gasteiger partial charge is 0.377 e. The molecular formula is C13H16N4O3. The maximum absolute atomic E-state index is 11.2. The van der Waals surface area contributed by atoms with E-state index in [9.17, 15) is 4.79 Å². The van der Waals surface area contributed by atoms with Gasteiger partial charge in [0.25, 0.3) is 5.82 Å². The normalized spacial score (nSPS) is 10.2. The third kappa shape index (κ3) is 3.47. The first-order chi connectivity index (χ1) is 9.70. The van der Waals surface area contributed by atoms with E-state index in [2.05, 4.69) is 14.8 Å². The third-order valence-electron chi connectivity index (χ3n) is 2.61. The number of carbonyl (C=O) groups is 1. The molecule has 0 saturated heterocycles. The molecule has 0 radical (unpaired) electrons. The molecule has 0 saturated carbocycles. The van der Waals surface area contributed by atoms with Gasteiger partial charge >= 0.3 is 5.97 Å². The van der Waals surface area contributed by atoms with Gasteiger partial charge in [0.2, 0.25) is 0 Å². The summed E-state index contributed by atoms with van der Waals surface area (Å²) in [5, 5.41) is 3.99. The lowest BCUT2D eigenvalue weighted by Gasteiger charge is -2.08. The maximum Gasteiger partial charge on any atom is 0.377 e. The zero-order valence-electron chi connectivity index (χ0n) is 11.2. The number of hydrogen-bond donors (Lipinski definition) is 1. The van der Waals surface area contributed by atoms with Crippen LogP contribution in [0.15, 0.2) is 30.6 Å². The lowest BCUT2D eigenvalue weighted by atomic mass is 10.3. The van der Waals surface area contributed by atoms with Crippen molar-refractivity contribution in [3.8, 4) is 5.75 Å². The monoisotopic (exact) mass is 276 g/mol. The van der Waals surface area contributed by atoms with Gasteiger partial charge in [-0.3, -0.25) is 4.68 Å². The van der Waals surface area contributed by atoms with Crippen LogP contribution in [0.1, 0.15) is 17.0 Å². The standard InChI is InChI=1S/C13H16N4O3/c1-19-13(18)12-15-9-17(16-12)7-4-8-20-11-6-3-2-5-10(11)14/h2-3,5-6,9H,4,7-8,14H2,1H3. The Balaban J connectivity index is 1.77. The van der Waals surface area contributed by atoms with Gasteiger partial charge in [0.1, 0.15) is 12.1 Å². The lowest BCUT2D eigenvalue weighted by molar-refractivity contribution is 0.0586. The number of para-hydroxylation sites is 2. The van der Waals surface area contributed by atoms with Gasteiger partial charge in [-0.1, -0.05) is 12.1 Å². The van der Waals surface area contributed by atoms with Crippen LogP contribution in [0.4, 0.5) is 5.69 Å². The third-order valence-corrected chi connectivity index (χ3v) is 2.61. The fourth-order valence-electron chi connectivity index (χ4n) is 1.61. The highest BCUT2D eigenvalue weighted by Crippen LogP contribution is 2.19. The largest absolute Gasteiger partial charge is 0.491 e. The Kier molecular flexibility index (Phi) is 4.54. The van der Waals surface area contributed by atoms with Crippen molar-refractivity contribution in [1.29, 1.82) is 0 Å². The molecule has 2 rings (SSSR count). The molecule has 0 aliphatic heterocycles. The minimum Gasteiger partial charge on any atom is -0.491 e. The fourth-order valence-corrected chi connectivity index (χ4v) is 1.61. The number of benzene rings is 1. The van der Waals surface area contributed by atoms with E-state index in [1.165, 1.54) is 13.4 Å². The molecule has 1 heterocycles. The van der Waals surface area contributed by atoms with E-state index in [4.69, 9.17) is 10.5 Å². The molecule has 2 aromatic rings. The zero-order valence-corrected chi connectivity index (χ0v) is 11.2. The molecule has 20 heavy (non-hydrogen) atoms. The van der Waals surface area contributed by atoms with Crippen molar-refractivity contribution in [3.63, 3.8) is 0 Å². The number of aryl methyl sites for hydroxylation is 1. The molecule has 0 bridgehead atoms. The molecular weight excluding hydrogens is 260 g/mol. The topological polar surface area (TPSA) is 92.3 Å². The first kappa shape index (κ1) is 13.9. The molecule has 1 aromatic carbocycles. The minimum absolute atomic E-state index is 0.0562. The van der Waals surface area contributed by atoms with E-state index in [-0.39, 0.29) is 5.82 Å². The van der Waals surface area contributed by atoms with Crippen LogP contribution >= 0.6 is 0 Å². The highest BCUT2D eigenvalue weighted by Gasteiger charge is 2.10. The number of nitrogens with zero attached hydrogens (tertiary/aromatic N) is 3. The average Bonchev–Trinajstić information content (AvgIpc) is 2.93. The predicted octanol–water partition coefficient (Wildman–Crippen LogP) is 1.12. The molecule has 106 valence electrons. The number of nitrogens with two attached hydrogens (primary N) is 1. The van der Waals surface area contributed by atoms with Crippen LogP contribution in [0.25, 0.3) is 0 Å². The summed E-state index contributed by atoms with van der Waals surface area (Å²) in [7, 11) is 1.29. The maximum atomic E-state index is 11.2. The van der Waals surface area contributed by atoms with Gasteiger partial charge in [0.15, 0.2) is 0 Å². The number of rotatable bonds is 6. The number of esters is 1. The number of hydrogen-bond acceptors (Lipinski definition) is 6. The molecule has 0 aliphatic rings. The highest BCUT2D eigenvalue weighted by molar-refractivity contribution is 5.84. The van der Waals surface area contributed by atoms with Crippen LogP contribution in [0, 0.1) is 0 Å². The SMILES string of the molecule is COC(=O)c1ncn(CCCOc2ccccc2N)n1. The molecule has 7 nitrogen and oxygen atoms in total. The molecule has 1 aromatic heterocycles. The van der Waals surface area contributed by atoms with Crippen molar-refractivity contribution in [1.82, 2.24) is 14.8 Å². The molecule has 0 amide bonds. The zero-order chi connectivity index (χ0) is 14.4. The number of anilines is 1. The number of ether oxygens (including phenoxy) is 2. The summed E-state index contributed by atoms with van der Waals surface area (Å²) in [6, 6.07) is 7.33. The Hall–Kier alpha value is -2.57. The number of carbonyl (C=O) groups excluding carboxylic acids is 1. The molecule has 0 spiro atoms. The Morgan fingerprint density at radius 2 is 2.20 bits per heavy atom. The number of nitrogen functional groups attached to an aromatic ring is 1. The van der Waals surface area contributed by atoms with Crippen LogP contribution in [0.2, 0.25) is 0 Å². The van der Waals surface area contributed by atoms with Crippen LogP contribution in [-0.2, 0) is 11.3 Å². The molecule has 0 atom stereocenters. The summed E-state index contributed by atoms with van der Waals surface area (Å²) < 4.78 is 11.7. The second-order valence-corrected chi connectivity index (χ2v) is 4.06. The van der Waals surface area contributed by atoms with Gasteiger partial charge in [0.05, 0.1) is 19.4 Å². The van der Waals surface area contributed by atoms with Gasteiger partial charge < -0.3 is 15.2 Å². The van der Waals surface area contributed by atoms with Crippen LogP contribution in [0.3, 0.4) is 0 Å². The highest BCUT2D eigenvalue weighted by atomic mass is 16.5. The van der Waals surface area contributed by atoms with Crippen molar-refractivity contribution in [3.05, 3.63) is 36.4 Å². The number of methoxy groups -OCH3 is 1. The van der Waals surface area contributed by atoms with Crippen molar-refractivity contribution < 1.29 is 14.3 Å². The summed E-state index contributed by atoms with van der Waals surface area (Å²) in [4.78, 5) is 15.0. The Bertz CT molecular complexity index is 583. The van der Waals surface area contributed by atoms with Gasteiger partial charge in [-0.25, -0.2) is 9.78 Å². The van der Waals surface area contributed by atoms with E-state index in [1.54, 1.807) is 10.7 Å². The quantitative estimate of drug-likeness (QED) is 0.483. The molecule has 2 N–H and O–H groups in total. The first-order valence-corrected chi connectivity index (χ1v) is 6.16. The van der Waals surface area contributed by atoms with E-state index < -0.39 is 5.97 Å². The summed E-state index contributed by atoms with van der Waals surface area (Å²) >= 11 is 0. The fraction of sp³-hybridized carbons (Fsp3) is 0.308. The van der Waals surface area contributed by atoms with E-state index in [0.29, 0.717) is 24.6 Å². The Morgan fingerprint density at radius 3 is 2.95 bits per heavy atom. The molecule has 0 aliphatic carbocycles. The van der Waals surface area contributed by atoms with Crippen LogP contribution < -0.4 is 10.5 Å². The molecule has 7 heteroatoms. The summed E-state index contributed by atoms with van der Waals surface area (Å²) in [5.74, 6) is 0.180. The van der Waals surface area contributed by atoms with Crippen molar-refractivity contribution in [2.24, 2.45) is 0 Å². The van der Waals surface area contributed by atoms with Crippen LogP contribution in [-0.4, -0.2) is 34.5 Å². The Labute approximate surface area is 116 Å². The van der Waals surface area contributed by atoms with E-state index in [0.717, 1.165) is 6.42 Å². The predicted molar refractivity (Wildman–Crippen MR) is 72.3 cm³/mol. The average molecular weight is 276 g/mol. The van der Waals surface area contributed by atoms with E-state index in [1.807, 2.05) is 18.2 Å². The molecule has 0 unspecified atom stereocenters. The second kappa shape index (κ2) is 6.55. The Morgan fingerprint density at radius 1 is 1.40 bits per heavy atom. The lowest BCUT2D eigenvalue weighted by Crippen LogP contribution is -2.08. The number of aromatic nitrogens is 3. The van der Waals surface area contributed by atoms with Crippen LogP contribution in [0.5, 0.6) is 5.75 Å². The van der Waals surface area contributed by atoms with Crippen molar-refractivity contribution in [2.45, 2.75) is 13.0 Å². The summed E-state index contributed by atoms with van der Waals surface area (Å²) in [6.45, 7) is 1.10. The van der Waals surface area contributed by atoms with Crippen molar-refractivity contribution >= 4 is 11.7 Å². The van der Waals surface area contributed by atoms with E-state index >= 15 is 0 Å². The van der Waals surface area contributed by atoms with Gasteiger partial charge in [-0.15, -0.1) is 5.10 Å². The van der Waals surface area contributed by atoms with Gasteiger partial charge in [0, 0.05) is 13.0 Å². The summed E-state index contributed by atoms with van der Waals surface area (Å²) in [6.07, 6.45) is 2.21. The second-order valence-electron chi connectivity index (χ2n) is 4.06. The van der Waals surface area contributed by atoms with Gasteiger partial charge in [-0.05, 0) is 12.1 Å². The van der Waals surface area contributed by atoms with Gasteiger partial charge in [-0.2, -0.15) is 0 Å². The first-order valence-electron chi connectivity index (χ1n) is 6.16. The van der Waals surface area contributed by atoms with Crippen molar-refractivity contribution in [2.75, 3.05) is 19.5 Å². The molecule has 0 fully saturated rings.